The van der Waals surface area contributed by atoms with E-state index in [1.54, 1.807) is 7.11 Å². The largest absolute Gasteiger partial charge is 0.497 e. The van der Waals surface area contributed by atoms with Crippen molar-refractivity contribution in [2.24, 2.45) is 0 Å². The highest BCUT2D eigenvalue weighted by atomic mass is 79.9. The fourth-order valence-corrected chi connectivity index (χ4v) is 2.39. The van der Waals surface area contributed by atoms with Crippen molar-refractivity contribution in [3.63, 3.8) is 0 Å². The molecule has 1 aromatic carbocycles. The molecule has 0 amide bonds. The Morgan fingerprint density at radius 1 is 1.42 bits per heavy atom. The number of benzene rings is 1. The highest BCUT2D eigenvalue weighted by Gasteiger charge is 2.09. The second-order valence-corrected chi connectivity index (χ2v) is 5.22. The van der Waals surface area contributed by atoms with E-state index in [0.29, 0.717) is 0 Å². The molecular formula is C14H18BrN3O. The van der Waals surface area contributed by atoms with Crippen molar-refractivity contribution >= 4 is 15.9 Å². The average molecular weight is 324 g/mol. The lowest BCUT2D eigenvalue weighted by Gasteiger charge is -2.12. The van der Waals surface area contributed by atoms with Crippen LogP contribution >= 0.6 is 15.9 Å². The summed E-state index contributed by atoms with van der Waals surface area (Å²) in [4.78, 5) is 4.38. The van der Waals surface area contributed by atoms with Crippen LogP contribution in [0.4, 0.5) is 0 Å². The highest BCUT2D eigenvalue weighted by molar-refractivity contribution is 9.10. The summed E-state index contributed by atoms with van der Waals surface area (Å²) in [5, 5.41) is 3.16. The number of hydrogen-bond donors (Lipinski definition) is 1. The first kappa shape index (κ1) is 14.1. The Morgan fingerprint density at radius 2 is 2.21 bits per heavy atom. The van der Waals surface area contributed by atoms with Gasteiger partial charge in [-0.2, -0.15) is 0 Å². The summed E-state index contributed by atoms with van der Waals surface area (Å²) >= 11 is 3.59. The van der Waals surface area contributed by atoms with Crippen LogP contribution in [0.25, 0.3) is 0 Å². The van der Waals surface area contributed by atoms with Crippen molar-refractivity contribution in [2.75, 3.05) is 14.2 Å². The summed E-state index contributed by atoms with van der Waals surface area (Å²) < 4.78 is 8.56. The molecule has 2 rings (SSSR count). The van der Waals surface area contributed by atoms with Gasteiger partial charge in [0.15, 0.2) is 0 Å². The maximum atomic E-state index is 5.28. The topological polar surface area (TPSA) is 39.1 Å². The standard InChI is InChI=1S/C14H18BrN3O/c1-10-17-8-12(7-16-2)18(10)9-11-6-13(19-3)4-5-14(11)15/h4-6,8,16H,7,9H2,1-3H3. The second-order valence-electron chi connectivity index (χ2n) is 4.37. The first-order chi connectivity index (χ1) is 9.15. The van der Waals surface area contributed by atoms with Crippen molar-refractivity contribution in [2.45, 2.75) is 20.0 Å². The molecular weight excluding hydrogens is 306 g/mol. The van der Waals surface area contributed by atoms with Crippen molar-refractivity contribution in [3.05, 3.63) is 46.0 Å². The van der Waals surface area contributed by atoms with Gasteiger partial charge in [-0.25, -0.2) is 4.98 Å². The summed E-state index contributed by atoms with van der Waals surface area (Å²) in [5.74, 6) is 1.88. The van der Waals surface area contributed by atoms with Crippen LogP contribution in [0.15, 0.2) is 28.9 Å². The number of rotatable bonds is 5. The minimum atomic E-state index is 0.778. The average Bonchev–Trinajstić information content (AvgIpc) is 2.74. The van der Waals surface area contributed by atoms with Gasteiger partial charge in [-0.05, 0) is 37.7 Å². The van der Waals surface area contributed by atoms with E-state index in [4.69, 9.17) is 4.74 Å². The van der Waals surface area contributed by atoms with Gasteiger partial charge in [0.25, 0.3) is 0 Å². The fraction of sp³-hybridized carbons (Fsp3) is 0.357. The Morgan fingerprint density at radius 3 is 2.89 bits per heavy atom. The first-order valence-electron chi connectivity index (χ1n) is 6.13. The smallest absolute Gasteiger partial charge is 0.119 e. The maximum absolute atomic E-state index is 5.28. The van der Waals surface area contributed by atoms with Crippen LogP contribution in [0.1, 0.15) is 17.1 Å². The predicted octanol–water partition coefficient (Wildman–Crippen LogP) is 2.73. The molecule has 19 heavy (non-hydrogen) atoms. The molecule has 0 saturated carbocycles. The lowest BCUT2D eigenvalue weighted by molar-refractivity contribution is 0.414. The van der Waals surface area contributed by atoms with Crippen LogP contribution in [0.3, 0.4) is 0 Å². The second kappa shape index (κ2) is 6.21. The van der Waals surface area contributed by atoms with Crippen LogP contribution < -0.4 is 10.1 Å². The van der Waals surface area contributed by atoms with Gasteiger partial charge in [-0.3, -0.25) is 0 Å². The zero-order valence-corrected chi connectivity index (χ0v) is 13.0. The third-order valence-corrected chi connectivity index (χ3v) is 3.85. The number of aryl methyl sites for hydroxylation is 1. The van der Waals surface area contributed by atoms with E-state index < -0.39 is 0 Å². The molecule has 0 fully saturated rings. The number of hydrogen-bond acceptors (Lipinski definition) is 3. The lowest BCUT2D eigenvalue weighted by Crippen LogP contribution is -2.13. The molecule has 102 valence electrons. The maximum Gasteiger partial charge on any atom is 0.119 e. The van der Waals surface area contributed by atoms with Crippen molar-refractivity contribution in [3.8, 4) is 5.75 Å². The van der Waals surface area contributed by atoms with Crippen LogP contribution in [-0.4, -0.2) is 23.7 Å². The van der Waals surface area contributed by atoms with Crippen molar-refractivity contribution < 1.29 is 4.74 Å². The Hall–Kier alpha value is -1.33. The van der Waals surface area contributed by atoms with E-state index in [1.165, 1.54) is 11.3 Å². The molecule has 2 aromatic rings. The molecule has 1 N–H and O–H groups in total. The van der Waals surface area contributed by atoms with Gasteiger partial charge < -0.3 is 14.6 Å². The number of imidazole rings is 1. The molecule has 5 heteroatoms. The Bertz CT molecular complexity index is 566. The fourth-order valence-electron chi connectivity index (χ4n) is 2.02. The monoisotopic (exact) mass is 323 g/mol. The highest BCUT2D eigenvalue weighted by Crippen LogP contribution is 2.24. The van der Waals surface area contributed by atoms with Crippen LogP contribution in [0.5, 0.6) is 5.75 Å². The third-order valence-electron chi connectivity index (χ3n) is 3.08. The van der Waals surface area contributed by atoms with E-state index in [-0.39, 0.29) is 0 Å². The molecule has 1 heterocycles. The summed E-state index contributed by atoms with van der Waals surface area (Å²) in [7, 11) is 3.62. The van der Waals surface area contributed by atoms with Gasteiger partial charge in [0.05, 0.1) is 19.3 Å². The number of nitrogens with one attached hydrogen (secondary N) is 1. The molecule has 0 unspecified atom stereocenters. The van der Waals surface area contributed by atoms with E-state index in [0.717, 1.165) is 29.1 Å². The summed E-state index contributed by atoms with van der Waals surface area (Å²) in [5.41, 5.74) is 2.35. The SMILES string of the molecule is CNCc1cnc(C)n1Cc1cc(OC)ccc1Br. The zero-order chi connectivity index (χ0) is 13.8. The molecule has 0 atom stereocenters. The van der Waals surface area contributed by atoms with E-state index in [1.807, 2.05) is 38.4 Å². The minimum absolute atomic E-state index is 0.778. The molecule has 4 nitrogen and oxygen atoms in total. The predicted molar refractivity (Wildman–Crippen MR) is 79.5 cm³/mol. The van der Waals surface area contributed by atoms with E-state index in [9.17, 15) is 0 Å². The van der Waals surface area contributed by atoms with Gasteiger partial charge in [-0.15, -0.1) is 0 Å². The summed E-state index contributed by atoms with van der Waals surface area (Å²) in [6, 6.07) is 6.01. The third kappa shape index (κ3) is 3.16. The Balaban J connectivity index is 2.32. The molecule has 1 aromatic heterocycles. The van der Waals surface area contributed by atoms with Crippen LogP contribution in [0, 0.1) is 6.92 Å². The van der Waals surface area contributed by atoms with Crippen molar-refractivity contribution in [1.82, 2.24) is 14.9 Å². The Labute approximate surface area is 121 Å². The molecule has 0 aliphatic heterocycles. The van der Waals surface area contributed by atoms with Crippen LogP contribution in [0.2, 0.25) is 0 Å². The van der Waals surface area contributed by atoms with Gasteiger partial charge in [0.2, 0.25) is 0 Å². The molecule has 0 saturated heterocycles. The molecule has 0 radical (unpaired) electrons. The summed E-state index contributed by atoms with van der Waals surface area (Å²) in [6.45, 7) is 3.61. The number of nitrogens with zero attached hydrogens (tertiary/aromatic N) is 2. The Kier molecular flexibility index (Phi) is 4.61. The van der Waals surface area contributed by atoms with E-state index in [2.05, 4.69) is 30.8 Å². The van der Waals surface area contributed by atoms with Gasteiger partial charge in [0.1, 0.15) is 11.6 Å². The molecule has 0 bridgehead atoms. The quantitative estimate of drug-likeness (QED) is 0.919. The van der Waals surface area contributed by atoms with Crippen molar-refractivity contribution in [1.29, 1.82) is 0 Å². The zero-order valence-electron chi connectivity index (χ0n) is 11.4. The number of ether oxygens (including phenoxy) is 1. The number of aromatic nitrogens is 2. The van der Waals surface area contributed by atoms with Crippen LogP contribution in [-0.2, 0) is 13.1 Å². The normalized spacial score (nSPS) is 10.7. The minimum Gasteiger partial charge on any atom is -0.497 e. The number of methoxy groups -OCH3 is 1. The molecule has 0 spiro atoms. The molecule has 0 aliphatic carbocycles. The molecule has 0 aliphatic rings. The summed E-state index contributed by atoms with van der Waals surface area (Å²) in [6.07, 6.45) is 1.92. The number of halogens is 1. The van der Waals surface area contributed by atoms with Gasteiger partial charge in [-0.1, -0.05) is 15.9 Å². The van der Waals surface area contributed by atoms with Gasteiger partial charge in [0, 0.05) is 17.2 Å². The van der Waals surface area contributed by atoms with E-state index >= 15 is 0 Å². The van der Waals surface area contributed by atoms with Gasteiger partial charge >= 0.3 is 0 Å². The lowest BCUT2D eigenvalue weighted by atomic mass is 10.2. The first-order valence-corrected chi connectivity index (χ1v) is 6.93.